The van der Waals surface area contributed by atoms with E-state index >= 15 is 0 Å². The second kappa shape index (κ2) is 7.16. The Kier molecular flexibility index (Phi) is 5.52. The van der Waals surface area contributed by atoms with Gasteiger partial charge in [0.2, 0.25) is 0 Å². The molecule has 1 fully saturated rings. The highest BCUT2D eigenvalue weighted by Crippen LogP contribution is 2.30. The van der Waals surface area contributed by atoms with Crippen molar-refractivity contribution >= 4 is 0 Å². The van der Waals surface area contributed by atoms with Gasteiger partial charge in [0.1, 0.15) is 5.82 Å². The molecule has 0 aromatic heterocycles. The first kappa shape index (κ1) is 15.4. The number of benzene rings is 1. The SMILES string of the molecule is CCNC(Cc1ccc(F)cc1)C1(OC)CCOCC1. The minimum atomic E-state index is -0.193. The summed E-state index contributed by atoms with van der Waals surface area (Å²) in [5.74, 6) is -0.193. The summed E-state index contributed by atoms with van der Waals surface area (Å²) in [6, 6.07) is 6.95. The maximum atomic E-state index is 13.0. The first-order chi connectivity index (χ1) is 9.70. The average molecular weight is 281 g/mol. The van der Waals surface area contributed by atoms with E-state index in [-0.39, 0.29) is 17.5 Å². The van der Waals surface area contributed by atoms with E-state index in [2.05, 4.69) is 12.2 Å². The van der Waals surface area contributed by atoms with Gasteiger partial charge in [0.25, 0.3) is 0 Å². The summed E-state index contributed by atoms with van der Waals surface area (Å²) in [4.78, 5) is 0. The fourth-order valence-electron chi connectivity index (χ4n) is 2.96. The van der Waals surface area contributed by atoms with Crippen molar-refractivity contribution in [2.75, 3.05) is 26.9 Å². The third-order valence-electron chi connectivity index (χ3n) is 4.18. The number of ether oxygens (including phenoxy) is 2. The lowest BCUT2D eigenvalue weighted by Crippen LogP contribution is -2.56. The molecule has 1 atom stereocenters. The lowest BCUT2D eigenvalue weighted by Gasteiger charge is -2.42. The molecule has 0 amide bonds. The number of hydrogen-bond acceptors (Lipinski definition) is 3. The Morgan fingerprint density at radius 1 is 1.30 bits per heavy atom. The number of likely N-dealkylation sites (N-methyl/N-ethyl adjacent to an activating group) is 1. The third-order valence-corrected chi connectivity index (χ3v) is 4.18. The molecular formula is C16H24FNO2. The molecule has 1 saturated heterocycles. The summed E-state index contributed by atoms with van der Waals surface area (Å²) in [5.41, 5.74) is 0.933. The van der Waals surface area contributed by atoms with Crippen LogP contribution in [0.2, 0.25) is 0 Å². The number of halogens is 1. The van der Waals surface area contributed by atoms with Crippen LogP contribution in [0, 0.1) is 5.82 Å². The first-order valence-corrected chi connectivity index (χ1v) is 7.31. The molecule has 0 spiro atoms. The van der Waals surface area contributed by atoms with Gasteiger partial charge in [-0.25, -0.2) is 4.39 Å². The van der Waals surface area contributed by atoms with Crippen LogP contribution in [-0.2, 0) is 15.9 Å². The zero-order valence-electron chi connectivity index (χ0n) is 12.3. The molecule has 0 radical (unpaired) electrons. The van der Waals surface area contributed by atoms with Gasteiger partial charge in [0.05, 0.1) is 5.60 Å². The zero-order valence-corrected chi connectivity index (χ0v) is 12.3. The van der Waals surface area contributed by atoms with Crippen molar-refractivity contribution in [1.82, 2.24) is 5.32 Å². The van der Waals surface area contributed by atoms with Gasteiger partial charge in [-0.05, 0) is 30.7 Å². The molecule has 1 heterocycles. The summed E-state index contributed by atoms with van der Waals surface area (Å²) in [5, 5.41) is 3.53. The molecule has 0 aliphatic carbocycles. The van der Waals surface area contributed by atoms with E-state index in [1.807, 2.05) is 12.1 Å². The van der Waals surface area contributed by atoms with Gasteiger partial charge < -0.3 is 14.8 Å². The largest absolute Gasteiger partial charge is 0.381 e. The fraction of sp³-hybridized carbons (Fsp3) is 0.625. The number of rotatable bonds is 6. The van der Waals surface area contributed by atoms with Crippen molar-refractivity contribution in [3.63, 3.8) is 0 Å². The van der Waals surface area contributed by atoms with Gasteiger partial charge in [0, 0.05) is 39.2 Å². The van der Waals surface area contributed by atoms with Crippen LogP contribution in [0.3, 0.4) is 0 Å². The third kappa shape index (κ3) is 3.57. The van der Waals surface area contributed by atoms with E-state index in [0.29, 0.717) is 0 Å². The van der Waals surface area contributed by atoms with Crippen LogP contribution in [0.5, 0.6) is 0 Å². The van der Waals surface area contributed by atoms with Gasteiger partial charge in [-0.1, -0.05) is 19.1 Å². The fourth-order valence-corrected chi connectivity index (χ4v) is 2.96. The van der Waals surface area contributed by atoms with Gasteiger partial charge in [-0.2, -0.15) is 0 Å². The van der Waals surface area contributed by atoms with E-state index in [1.165, 1.54) is 12.1 Å². The average Bonchev–Trinajstić information content (AvgIpc) is 2.49. The molecule has 3 nitrogen and oxygen atoms in total. The van der Waals surface area contributed by atoms with Crippen LogP contribution in [-0.4, -0.2) is 38.5 Å². The molecule has 1 aliphatic heterocycles. The summed E-state index contributed by atoms with van der Waals surface area (Å²) >= 11 is 0. The van der Waals surface area contributed by atoms with Crippen molar-refractivity contribution < 1.29 is 13.9 Å². The quantitative estimate of drug-likeness (QED) is 0.869. The highest BCUT2D eigenvalue weighted by atomic mass is 19.1. The molecule has 1 unspecified atom stereocenters. The Bertz CT molecular complexity index is 401. The Morgan fingerprint density at radius 3 is 2.50 bits per heavy atom. The van der Waals surface area contributed by atoms with Crippen molar-refractivity contribution in [2.24, 2.45) is 0 Å². The Hall–Kier alpha value is -0.970. The second-order valence-electron chi connectivity index (χ2n) is 5.32. The second-order valence-corrected chi connectivity index (χ2v) is 5.32. The molecule has 20 heavy (non-hydrogen) atoms. The van der Waals surface area contributed by atoms with E-state index in [9.17, 15) is 4.39 Å². The molecule has 0 bridgehead atoms. The normalized spacial score (nSPS) is 19.8. The van der Waals surface area contributed by atoms with E-state index in [1.54, 1.807) is 7.11 Å². The minimum Gasteiger partial charge on any atom is -0.381 e. The molecule has 4 heteroatoms. The molecule has 1 aromatic carbocycles. The van der Waals surface area contributed by atoms with E-state index in [0.717, 1.165) is 44.6 Å². The Labute approximate surface area is 120 Å². The number of methoxy groups -OCH3 is 1. The number of nitrogens with one attached hydrogen (secondary N) is 1. The summed E-state index contributed by atoms with van der Waals surface area (Å²) in [6.07, 6.45) is 2.62. The first-order valence-electron chi connectivity index (χ1n) is 7.31. The highest BCUT2D eigenvalue weighted by Gasteiger charge is 2.40. The Balaban J connectivity index is 2.14. The van der Waals surface area contributed by atoms with Crippen LogP contribution in [0.25, 0.3) is 0 Å². The summed E-state index contributed by atoms with van der Waals surface area (Å²) < 4.78 is 24.3. The van der Waals surface area contributed by atoms with Crippen LogP contribution < -0.4 is 5.32 Å². The molecule has 112 valence electrons. The van der Waals surface area contributed by atoms with Gasteiger partial charge in [-0.3, -0.25) is 0 Å². The van der Waals surface area contributed by atoms with E-state index < -0.39 is 0 Å². The Morgan fingerprint density at radius 2 is 1.95 bits per heavy atom. The lowest BCUT2D eigenvalue weighted by molar-refractivity contribution is -0.110. The maximum Gasteiger partial charge on any atom is 0.123 e. The minimum absolute atomic E-state index is 0.192. The van der Waals surface area contributed by atoms with Crippen LogP contribution >= 0.6 is 0 Å². The van der Waals surface area contributed by atoms with Gasteiger partial charge >= 0.3 is 0 Å². The molecular weight excluding hydrogens is 257 g/mol. The smallest absolute Gasteiger partial charge is 0.123 e. The van der Waals surface area contributed by atoms with Crippen LogP contribution in [0.4, 0.5) is 4.39 Å². The van der Waals surface area contributed by atoms with Crippen LogP contribution in [0.15, 0.2) is 24.3 Å². The monoisotopic (exact) mass is 281 g/mol. The predicted octanol–water partition coefficient (Wildman–Crippen LogP) is 2.54. The standard InChI is InChI=1S/C16H24FNO2/c1-3-18-15(12-13-4-6-14(17)7-5-13)16(19-2)8-10-20-11-9-16/h4-7,15,18H,3,8-12H2,1-2H3. The summed E-state index contributed by atoms with van der Waals surface area (Å²) in [7, 11) is 1.78. The molecule has 1 N–H and O–H groups in total. The van der Waals surface area contributed by atoms with E-state index in [4.69, 9.17) is 9.47 Å². The molecule has 1 aliphatic rings. The predicted molar refractivity (Wildman–Crippen MR) is 77.4 cm³/mol. The molecule has 2 rings (SSSR count). The zero-order chi connectivity index (χ0) is 14.4. The molecule has 1 aromatic rings. The van der Waals surface area contributed by atoms with Crippen molar-refractivity contribution in [3.8, 4) is 0 Å². The van der Waals surface area contributed by atoms with Crippen molar-refractivity contribution in [1.29, 1.82) is 0 Å². The van der Waals surface area contributed by atoms with Gasteiger partial charge in [0.15, 0.2) is 0 Å². The summed E-state index contributed by atoms with van der Waals surface area (Å²) in [6.45, 7) is 4.45. The number of hydrogen-bond donors (Lipinski definition) is 1. The van der Waals surface area contributed by atoms with Gasteiger partial charge in [-0.15, -0.1) is 0 Å². The van der Waals surface area contributed by atoms with Crippen molar-refractivity contribution in [2.45, 2.75) is 37.8 Å². The lowest BCUT2D eigenvalue weighted by atomic mass is 9.82. The van der Waals surface area contributed by atoms with Crippen LogP contribution in [0.1, 0.15) is 25.3 Å². The highest BCUT2D eigenvalue weighted by molar-refractivity contribution is 5.18. The topological polar surface area (TPSA) is 30.5 Å². The van der Waals surface area contributed by atoms with Crippen molar-refractivity contribution in [3.05, 3.63) is 35.6 Å². The maximum absolute atomic E-state index is 13.0. The molecule has 0 saturated carbocycles.